The fraction of sp³-hybridized carbons (Fsp3) is 0.526. The highest BCUT2D eigenvalue weighted by molar-refractivity contribution is 5.86. The van der Waals surface area contributed by atoms with E-state index in [2.05, 4.69) is 5.32 Å². The molecule has 1 aliphatic heterocycles. The second-order valence-corrected chi connectivity index (χ2v) is 7.36. The van der Waals surface area contributed by atoms with E-state index < -0.39 is 17.7 Å². The van der Waals surface area contributed by atoms with Gasteiger partial charge in [0.05, 0.1) is 0 Å². The van der Waals surface area contributed by atoms with Crippen molar-refractivity contribution < 1.29 is 19.1 Å². The maximum Gasteiger partial charge on any atom is 0.408 e. The van der Waals surface area contributed by atoms with Gasteiger partial charge in [0.2, 0.25) is 12.3 Å². The van der Waals surface area contributed by atoms with E-state index in [9.17, 15) is 14.4 Å². The molecule has 7 nitrogen and oxygen atoms in total. The number of nitrogens with one attached hydrogen (secondary N) is 1. The Morgan fingerprint density at radius 3 is 2.31 bits per heavy atom. The fourth-order valence-electron chi connectivity index (χ4n) is 2.77. The van der Waals surface area contributed by atoms with Crippen molar-refractivity contribution in [3.05, 3.63) is 35.9 Å². The molecule has 1 heterocycles. The van der Waals surface area contributed by atoms with Gasteiger partial charge in [-0.2, -0.15) is 0 Å². The third-order valence-electron chi connectivity index (χ3n) is 4.05. The maximum atomic E-state index is 12.9. The van der Waals surface area contributed by atoms with Crippen LogP contribution in [0.3, 0.4) is 0 Å². The zero-order chi connectivity index (χ0) is 19.2. The molecule has 2 rings (SSSR count). The van der Waals surface area contributed by atoms with Gasteiger partial charge in [0.1, 0.15) is 11.6 Å². The van der Waals surface area contributed by atoms with E-state index in [0.717, 1.165) is 12.0 Å². The van der Waals surface area contributed by atoms with Gasteiger partial charge in [-0.05, 0) is 26.3 Å². The van der Waals surface area contributed by atoms with Crippen LogP contribution in [0.4, 0.5) is 4.79 Å². The van der Waals surface area contributed by atoms with E-state index in [1.54, 1.807) is 30.6 Å². The van der Waals surface area contributed by atoms with E-state index in [1.165, 1.54) is 0 Å². The number of amides is 3. The smallest absolute Gasteiger partial charge is 0.408 e. The minimum atomic E-state index is -0.713. The second kappa shape index (κ2) is 8.69. The Labute approximate surface area is 154 Å². The molecule has 1 unspecified atom stereocenters. The summed E-state index contributed by atoms with van der Waals surface area (Å²) in [5, 5.41) is 2.71. The topological polar surface area (TPSA) is 79.0 Å². The van der Waals surface area contributed by atoms with Crippen molar-refractivity contribution in [2.75, 3.05) is 26.2 Å². The Morgan fingerprint density at radius 1 is 1.15 bits per heavy atom. The third kappa shape index (κ3) is 6.06. The number of nitrogens with zero attached hydrogens (tertiary/aromatic N) is 2. The summed E-state index contributed by atoms with van der Waals surface area (Å²) in [6, 6.07) is 8.82. The van der Waals surface area contributed by atoms with Crippen LogP contribution < -0.4 is 5.32 Å². The summed E-state index contributed by atoms with van der Waals surface area (Å²) in [5.41, 5.74) is 0.313. The lowest BCUT2D eigenvalue weighted by molar-refractivity contribution is -0.137. The van der Waals surface area contributed by atoms with Gasteiger partial charge < -0.3 is 19.9 Å². The fourth-order valence-corrected chi connectivity index (χ4v) is 2.77. The quantitative estimate of drug-likeness (QED) is 0.805. The van der Waals surface area contributed by atoms with Gasteiger partial charge >= 0.3 is 6.09 Å². The molecular formula is C19H27N3O4. The van der Waals surface area contributed by atoms with Gasteiger partial charge in [0.25, 0.3) is 0 Å². The molecule has 0 saturated carbocycles. The molecule has 1 aromatic rings. The van der Waals surface area contributed by atoms with Crippen LogP contribution in [0.2, 0.25) is 0 Å². The maximum absolute atomic E-state index is 12.9. The Balaban J connectivity index is 2.07. The Hall–Kier alpha value is -2.57. The molecule has 1 N–H and O–H groups in total. The van der Waals surface area contributed by atoms with Gasteiger partial charge in [0.15, 0.2) is 0 Å². The summed E-state index contributed by atoms with van der Waals surface area (Å²) in [4.78, 5) is 39.3. The number of benzene rings is 1. The van der Waals surface area contributed by atoms with Crippen LogP contribution in [-0.4, -0.2) is 66.0 Å². The summed E-state index contributed by atoms with van der Waals surface area (Å²) in [6.07, 6.45) is 0.563. The van der Waals surface area contributed by atoms with Crippen molar-refractivity contribution in [2.45, 2.75) is 38.8 Å². The van der Waals surface area contributed by atoms with Crippen LogP contribution in [0, 0.1) is 0 Å². The SMILES string of the molecule is CC(C)(C)OC(=O)NC(Cc1ccccc1)C(=O)N1CCN(C=O)CC1. The molecule has 0 spiro atoms. The number of hydrogen-bond acceptors (Lipinski definition) is 4. The first-order chi connectivity index (χ1) is 12.3. The van der Waals surface area contributed by atoms with Gasteiger partial charge in [-0.15, -0.1) is 0 Å². The molecule has 3 amide bonds. The molecule has 1 saturated heterocycles. The second-order valence-electron chi connectivity index (χ2n) is 7.36. The number of piperazine rings is 1. The summed E-state index contributed by atoms with van der Waals surface area (Å²) < 4.78 is 5.30. The zero-order valence-electron chi connectivity index (χ0n) is 15.6. The molecule has 1 aromatic carbocycles. The number of alkyl carbamates (subject to hydrolysis) is 1. The van der Waals surface area contributed by atoms with Crippen molar-refractivity contribution in [3.63, 3.8) is 0 Å². The van der Waals surface area contributed by atoms with Crippen molar-refractivity contribution in [2.24, 2.45) is 0 Å². The van der Waals surface area contributed by atoms with E-state index in [1.807, 2.05) is 30.3 Å². The third-order valence-corrected chi connectivity index (χ3v) is 4.05. The molecule has 26 heavy (non-hydrogen) atoms. The Bertz CT molecular complexity index is 619. The normalized spacial score (nSPS) is 16.0. The summed E-state index contributed by atoms with van der Waals surface area (Å²) >= 11 is 0. The number of ether oxygens (including phenoxy) is 1. The molecule has 1 atom stereocenters. The highest BCUT2D eigenvalue weighted by Crippen LogP contribution is 2.11. The van der Waals surface area contributed by atoms with E-state index in [-0.39, 0.29) is 5.91 Å². The van der Waals surface area contributed by atoms with Crippen LogP contribution in [0.25, 0.3) is 0 Å². The molecule has 0 aliphatic carbocycles. The summed E-state index contributed by atoms with van der Waals surface area (Å²) in [6.45, 7) is 7.24. The lowest BCUT2D eigenvalue weighted by atomic mass is 10.0. The average Bonchev–Trinajstić information content (AvgIpc) is 2.60. The van der Waals surface area contributed by atoms with E-state index in [0.29, 0.717) is 32.6 Å². The monoisotopic (exact) mass is 361 g/mol. The van der Waals surface area contributed by atoms with Gasteiger partial charge in [-0.25, -0.2) is 4.79 Å². The standard InChI is InChI=1S/C19H27N3O4/c1-19(2,3)26-18(25)20-16(13-15-7-5-4-6-8-15)17(24)22-11-9-21(14-23)10-12-22/h4-8,14,16H,9-13H2,1-3H3,(H,20,25). The highest BCUT2D eigenvalue weighted by atomic mass is 16.6. The Kier molecular flexibility index (Phi) is 6.60. The van der Waals surface area contributed by atoms with Crippen molar-refractivity contribution in [3.8, 4) is 0 Å². The van der Waals surface area contributed by atoms with Crippen LogP contribution in [0.15, 0.2) is 30.3 Å². The van der Waals surface area contributed by atoms with Crippen molar-refractivity contribution in [1.29, 1.82) is 0 Å². The van der Waals surface area contributed by atoms with Gasteiger partial charge in [-0.1, -0.05) is 30.3 Å². The summed E-state index contributed by atoms with van der Waals surface area (Å²) in [7, 11) is 0. The molecule has 0 aromatic heterocycles. The van der Waals surface area contributed by atoms with Crippen LogP contribution in [0.1, 0.15) is 26.3 Å². The number of rotatable bonds is 5. The molecule has 1 aliphatic rings. The average molecular weight is 361 g/mol. The predicted octanol–water partition coefficient (Wildman–Crippen LogP) is 1.42. The van der Waals surface area contributed by atoms with E-state index >= 15 is 0 Å². The number of carbonyl (C=O) groups excluding carboxylic acids is 3. The van der Waals surface area contributed by atoms with Gasteiger partial charge in [0, 0.05) is 32.6 Å². The number of hydrogen-bond donors (Lipinski definition) is 1. The molecule has 0 bridgehead atoms. The van der Waals surface area contributed by atoms with Gasteiger partial charge in [-0.3, -0.25) is 9.59 Å². The lowest BCUT2D eigenvalue weighted by Crippen LogP contribution is -2.55. The minimum absolute atomic E-state index is 0.162. The zero-order valence-corrected chi connectivity index (χ0v) is 15.6. The minimum Gasteiger partial charge on any atom is -0.444 e. The van der Waals surface area contributed by atoms with Crippen LogP contribution in [-0.2, 0) is 20.7 Å². The molecular weight excluding hydrogens is 334 g/mol. The van der Waals surface area contributed by atoms with Crippen LogP contribution >= 0.6 is 0 Å². The Morgan fingerprint density at radius 2 is 1.77 bits per heavy atom. The first-order valence-corrected chi connectivity index (χ1v) is 8.80. The molecule has 7 heteroatoms. The van der Waals surface area contributed by atoms with Crippen LogP contribution in [0.5, 0.6) is 0 Å². The molecule has 1 fully saturated rings. The number of carbonyl (C=O) groups is 3. The highest BCUT2D eigenvalue weighted by Gasteiger charge is 2.30. The first kappa shape index (κ1) is 19.8. The molecule has 142 valence electrons. The summed E-state index contributed by atoms with van der Waals surface area (Å²) in [5.74, 6) is -0.162. The lowest BCUT2D eigenvalue weighted by Gasteiger charge is -2.35. The first-order valence-electron chi connectivity index (χ1n) is 8.80. The van der Waals surface area contributed by atoms with E-state index in [4.69, 9.17) is 4.74 Å². The molecule has 0 radical (unpaired) electrons. The van der Waals surface area contributed by atoms with Crippen molar-refractivity contribution in [1.82, 2.24) is 15.1 Å². The largest absolute Gasteiger partial charge is 0.444 e. The van der Waals surface area contributed by atoms with Crippen molar-refractivity contribution >= 4 is 18.4 Å². The predicted molar refractivity (Wildman–Crippen MR) is 97.5 cm³/mol.